The van der Waals surface area contributed by atoms with Gasteiger partial charge in [-0.05, 0) is 38.4 Å². The minimum atomic E-state index is -0.853. The molecule has 1 aromatic carbocycles. The van der Waals surface area contributed by atoms with Crippen LogP contribution in [0.1, 0.15) is 19.8 Å². The molecular weight excluding hydrogens is 324 g/mol. The molecule has 0 spiro atoms. The molecule has 1 fully saturated rings. The van der Waals surface area contributed by atoms with E-state index in [1.165, 1.54) is 0 Å². The van der Waals surface area contributed by atoms with Crippen LogP contribution in [0.15, 0.2) is 24.3 Å². The van der Waals surface area contributed by atoms with Crippen LogP contribution in [0, 0.1) is 0 Å². The highest BCUT2D eigenvalue weighted by Crippen LogP contribution is 2.31. The van der Waals surface area contributed by atoms with Gasteiger partial charge in [-0.3, -0.25) is 14.5 Å². The van der Waals surface area contributed by atoms with Crippen LogP contribution in [-0.4, -0.2) is 71.7 Å². The molecule has 1 N–H and O–H groups in total. The van der Waals surface area contributed by atoms with Crippen molar-refractivity contribution in [1.82, 2.24) is 9.80 Å². The van der Waals surface area contributed by atoms with Crippen LogP contribution in [0.3, 0.4) is 0 Å². The zero-order chi connectivity index (χ0) is 17.8. The van der Waals surface area contributed by atoms with Crippen LogP contribution in [0.5, 0.6) is 11.5 Å². The van der Waals surface area contributed by atoms with E-state index < -0.39 is 12.0 Å². The monoisotopic (exact) mass is 348 g/mol. The third kappa shape index (κ3) is 4.04. The zero-order valence-corrected chi connectivity index (χ0v) is 14.4. The topological polar surface area (TPSA) is 79.3 Å². The van der Waals surface area contributed by atoms with Crippen molar-refractivity contribution in [3.05, 3.63) is 24.3 Å². The molecule has 0 saturated carbocycles. The molecule has 1 amide bonds. The van der Waals surface area contributed by atoms with Gasteiger partial charge in [0.1, 0.15) is 12.6 Å². The van der Waals surface area contributed by atoms with Crippen molar-refractivity contribution in [3.8, 4) is 11.5 Å². The number of para-hydroxylation sites is 2. The van der Waals surface area contributed by atoms with Gasteiger partial charge in [0.2, 0.25) is 5.91 Å². The highest BCUT2D eigenvalue weighted by Gasteiger charge is 2.33. The van der Waals surface area contributed by atoms with Gasteiger partial charge in [-0.25, -0.2) is 0 Å². The lowest BCUT2D eigenvalue weighted by molar-refractivity contribution is -0.143. The van der Waals surface area contributed by atoms with Crippen LogP contribution in [-0.2, 0) is 9.59 Å². The predicted octanol–water partition coefficient (Wildman–Crippen LogP) is 1.22. The van der Waals surface area contributed by atoms with E-state index in [9.17, 15) is 14.7 Å². The van der Waals surface area contributed by atoms with Crippen molar-refractivity contribution in [2.75, 3.05) is 32.8 Å². The summed E-state index contributed by atoms with van der Waals surface area (Å²) in [5, 5.41) is 9.24. The third-order valence-corrected chi connectivity index (χ3v) is 4.71. The standard InChI is InChI=1S/C18H24N2O5/c1-2-19(17(21)11-20-9-5-6-14(20)18(22)23)10-13-12-24-15-7-3-4-8-16(15)25-13/h3-4,7-8,13-14H,2,5-6,9-12H2,1H3,(H,22,23)/t13?,14-/m0/s1. The first-order chi connectivity index (χ1) is 12.1. The average Bonchev–Trinajstić information content (AvgIpc) is 3.07. The summed E-state index contributed by atoms with van der Waals surface area (Å²) in [6, 6.07) is 6.92. The zero-order valence-electron chi connectivity index (χ0n) is 14.4. The molecule has 0 bridgehead atoms. The lowest BCUT2D eigenvalue weighted by Crippen LogP contribution is -2.48. The van der Waals surface area contributed by atoms with E-state index in [0.29, 0.717) is 38.4 Å². The third-order valence-electron chi connectivity index (χ3n) is 4.71. The maximum Gasteiger partial charge on any atom is 0.320 e. The number of carbonyl (C=O) groups is 2. The van der Waals surface area contributed by atoms with Gasteiger partial charge in [-0.1, -0.05) is 12.1 Å². The molecule has 1 saturated heterocycles. The first-order valence-corrected chi connectivity index (χ1v) is 8.71. The Bertz CT molecular complexity index is 636. The van der Waals surface area contributed by atoms with Crippen molar-refractivity contribution < 1.29 is 24.2 Å². The molecule has 25 heavy (non-hydrogen) atoms. The molecule has 7 heteroatoms. The molecule has 0 aliphatic carbocycles. The molecule has 2 atom stereocenters. The Kier molecular flexibility index (Phi) is 5.43. The van der Waals surface area contributed by atoms with E-state index in [4.69, 9.17) is 9.47 Å². The normalized spacial score (nSPS) is 22.6. The summed E-state index contributed by atoms with van der Waals surface area (Å²) in [5.74, 6) is 0.481. The number of carboxylic acid groups (broad SMARTS) is 1. The molecule has 0 aromatic heterocycles. The second-order valence-electron chi connectivity index (χ2n) is 6.40. The van der Waals surface area contributed by atoms with Crippen LogP contribution in [0.2, 0.25) is 0 Å². The number of carboxylic acids is 1. The highest BCUT2D eigenvalue weighted by molar-refractivity contribution is 5.80. The Balaban J connectivity index is 1.57. The molecule has 0 radical (unpaired) electrons. The van der Waals surface area contributed by atoms with E-state index in [1.807, 2.05) is 31.2 Å². The number of benzene rings is 1. The van der Waals surface area contributed by atoms with Gasteiger partial charge in [0, 0.05) is 6.54 Å². The number of carbonyl (C=O) groups excluding carboxylic acids is 1. The molecule has 136 valence electrons. The van der Waals surface area contributed by atoms with Crippen molar-refractivity contribution in [3.63, 3.8) is 0 Å². The summed E-state index contributed by atoms with van der Waals surface area (Å²) in [4.78, 5) is 27.3. The number of rotatable bonds is 6. The Hall–Kier alpha value is -2.28. The molecule has 1 aromatic rings. The fraction of sp³-hybridized carbons (Fsp3) is 0.556. The van der Waals surface area contributed by atoms with E-state index >= 15 is 0 Å². The summed E-state index contributed by atoms with van der Waals surface area (Å²) in [5.41, 5.74) is 0. The maximum absolute atomic E-state index is 12.6. The smallest absolute Gasteiger partial charge is 0.320 e. The number of likely N-dealkylation sites (N-methyl/N-ethyl adjacent to an activating group) is 1. The van der Waals surface area contributed by atoms with Gasteiger partial charge >= 0.3 is 5.97 Å². The van der Waals surface area contributed by atoms with E-state index in [1.54, 1.807) is 9.80 Å². The number of ether oxygens (including phenoxy) is 2. The summed E-state index contributed by atoms with van der Waals surface area (Å²) in [6.07, 6.45) is 1.19. The number of hydrogen-bond acceptors (Lipinski definition) is 5. The number of fused-ring (bicyclic) bond motifs is 1. The van der Waals surface area contributed by atoms with Crippen LogP contribution in [0.4, 0.5) is 0 Å². The first kappa shape index (κ1) is 17.5. The van der Waals surface area contributed by atoms with Crippen molar-refractivity contribution in [1.29, 1.82) is 0 Å². The van der Waals surface area contributed by atoms with Crippen LogP contribution in [0.25, 0.3) is 0 Å². The second-order valence-corrected chi connectivity index (χ2v) is 6.40. The summed E-state index contributed by atoms with van der Waals surface area (Å²) in [7, 11) is 0. The Morgan fingerprint density at radius 3 is 2.80 bits per heavy atom. The SMILES string of the molecule is CCN(CC1COc2ccccc2O1)C(=O)CN1CCC[C@H]1C(=O)O. The maximum atomic E-state index is 12.6. The molecule has 1 unspecified atom stereocenters. The van der Waals surface area contributed by atoms with Gasteiger partial charge in [0.15, 0.2) is 17.6 Å². The van der Waals surface area contributed by atoms with Crippen molar-refractivity contribution in [2.45, 2.75) is 31.9 Å². The second kappa shape index (κ2) is 7.74. The highest BCUT2D eigenvalue weighted by atomic mass is 16.6. The lowest BCUT2D eigenvalue weighted by atomic mass is 10.2. The first-order valence-electron chi connectivity index (χ1n) is 8.71. The number of amides is 1. The number of hydrogen-bond donors (Lipinski definition) is 1. The molecule has 2 aliphatic heterocycles. The van der Waals surface area contributed by atoms with Gasteiger partial charge in [-0.2, -0.15) is 0 Å². The number of aliphatic carboxylic acids is 1. The summed E-state index contributed by atoms with van der Waals surface area (Å²) >= 11 is 0. The summed E-state index contributed by atoms with van der Waals surface area (Å²) in [6.45, 7) is 4.06. The minimum absolute atomic E-state index is 0.0712. The van der Waals surface area contributed by atoms with Crippen molar-refractivity contribution in [2.24, 2.45) is 0 Å². The molecule has 2 aliphatic rings. The van der Waals surface area contributed by atoms with Gasteiger partial charge < -0.3 is 19.5 Å². The van der Waals surface area contributed by atoms with Crippen molar-refractivity contribution >= 4 is 11.9 Å². The number of nitrogens with zero attached hydrogens (tertiary/aromatic N) is 2. The Morgan fingerprint density at radius 2 is 2.08 bits per heavy atom. The largest absolute Gasteiger partial charge is 0.486 e. The van der Waals surface area contributed by atoms with Crippen LogP contribution < -0.4 is 9.47 Å². The molecule has 2 heterocycles. The fourth-order valence-corrected chi connectivity index (χ4v) is 3.37. The van der Waals surface area contributed by atoms with E-state index in [0.717, 1.165) is 12.2 Å². The van der Waals surface area contributed by atoms with Gasteiger partial charge in [0.05, 0.1) is 13.1 Å². The molecular formula is C18H24N2O5. The Labute approximate surface area is 147 Å². The van der Waals surface area contributed by atoms with E-state index in [2.05, 4.69) is 0 Å². The average molecular weight is 348 g/mol. The Morgan fingerprint density at radius 1 is 1.32 bits per heavy atom. The van der Waals surface area contributed by atoms with E-state index in [-0.39, 0.29) is 18.6 Å². The number of likely N-dealkylation sites (tertiary alicyclic amines) is 1. The van der Waals surface area contributed by atoms with Gasteiger partial charge in [0.25, 0.3) is 0 Å². The van der Waals surface area contributed by atoms with Crippen LogP contribution >= 0.6 is 0 Å². The fourth-order valence-electron chi connectivity index (χ4n) is 3.37. The predicted molar refractivity (Wildman–Crippen MR) is 90.8 cm³/mol. The molecule has 3 rings (SSSR count). The minimum Gasteiger partial charge on any atom is -0.486 e. The summed E-state index contributed by atoms with van der Waals surface area (Å²) < 4.78 is 11.6. The van der Waals surface area contributed by atoms with Gasteiger partial charge in [-0.15, -0.1) is 0 Å². The lowest BCUT2D eigenvalue weighted by Gasteiger charge is -2.32. The molecule has 7 nitrogen and oxygen atoms in total. The quantitative estimate of drug-likeness (QED) is 0.833.